The van der Waals surface area contributed by atoms with Crippen LogP contribution in [0.3, 0.4) is 0 Å². The van der Waals surface area contributed by atoms with Crippen LogP contribution in [0.2, 0.25) is 0 Å². The standard InChI is InChI=1S/C5H13N3S/c6-7-9-8-4-2-1-3-5-8/h7H,1-6H2. The van der Waals surface area contributed by atoms with Crippen molar-refractivity contribution in [1.82, 2.24) is 9.14 Å². The van der Waals surface area contributed by atoms with Crippen LogP contribution in [0.5, 0.6) is 0 Å². The smallest absolute Gasteiger partial charge is 0.0211 e. The van der Waals surface area contributed by atoms with Crippen molar-refractivity contribution in [2.24, 2.45) is 5.84 Å². The molecule has 0 radical (unpaired) electrons. The summed E-state index contributed by atoms with van der Waals surface area (Å²) in [5, 5.41) is 0. The fourth-order valence-corrected chi connectivity index (χ4v) is 1.62. The molecule has 3 nitrogen and oxygen atoms in total. The highest BCUT2D eigenvalue weighted by molar-refractivity contribution is 7.95. The van der Waals surface area contributed by atoms with Crippen molar-refractivity contribution >= 4 is 12.1 Å². The van der Waals surface area contributed by atoms with Gasteiger partial charge in [-0.05, 0) is 12.8 Å². The van der Waals surface area contributed by atoms with Crippen LogP contribution in [-0.2, 0) is 0 Å². The summed E-state index contributed by atoms with van der Waals surface area (Å²) in [6, 6.07) is 0. The van der Waals surface area contributed by atoms with Crippen molar-refractivity contribution in [2.75, 3.05) is 13.1 Å². The predicted octanol–water partition coefficient (Wildman–Crippen LogP) is 0.499. The number of nitrogens with zero attached hydrogens (tertiary/aromatic N) is 1. The minimum absolute atomic E-state index is 1.18. The number of hydrogen-bond donors (Lipinski definition) is 2. The summed E-state index contributed by atoms with van der Waals surface area (Å²) in [4.78, 5) is 2.58. The second-order valence-electron chi connectivity index (χ2n) is 2.20. The number of hydrogen-bond acceptors (Lipinski definition) is 4. The first-order chi connectivity index (χ1) is 4.43. The molecule has 0 aromatic heterocycles. The van der Waals surface area contributed by atoms with Gasteiger partial charge in [0.2, 0.25) is 0 Å². The van der Waals surface area contributed by atoms with E-state index in [0.29, 0.717) is 0 Å². The topological polar surface area (TPSA) is 41.3 Å². The van der Waals surface area contributed by atoms with E-state index in [2.05, 4.69) is 9.14 Å². The Labute approximate surface area is 60.2 Å². The van der Waals surface area contributed by atoms with Crippen molar-refractivity contribution in [3.63, 3.8) is 0 Å². The predicted molar refractivity (Wildman–Crippen MR) is 40.3 cm³/mol. The molecule has 0 aliphatic carbocycles. The highest BCUT2D eigenvalue weighted by Crippen LogP contribution is 2.13. The first-order valence-electron chi connectivity index (χ1n) is 3.31. The van der Waals surface area contributed by atoms with Gasteiger partial charge < -0.3 is 0 Å². The lowest BCUT2D eigenvalue weighted by atomic mass is 10.2. The molecule has 0 amide bonds. The third-order valence-electron chi connectivity index (χ3n) is 1.50. The molecular formula is C5H13N3S. The average Bonchev–Trinajstić information content (AvgIpc) is 1.91. The molecule has 1 rings (SSSR count). The molecule has 0 unspecified atom stereocenters. The Balaban J connectivity index is 2.08. The van der Waals surface area contributed by atoms with Crippen LogP contribution in [0.1, 0.15) is 19.3 Å². The van der Waals surface area contributed by atoms with Gasteiger partial charge in [-0.25, -0.2) is 4.31 Å². The second-order valence-corrected chi connectivity index (χ2v) is 3.13. The summed E-state index contributed by atoms with van der Waals surface area (Å²) in [7, 11) is 0. The van der Waals surface area contributed by atoms with Crippen molar-refractivity contribution in [2.45, 2.75) is 19.3 Å². The molecule has 0 aromatic carbocycles. The van der Waals surface area contributed by atoms with Gasteiger partial charge >= 0.3 is 0 Å². The van der Waals surface area contributed by atoms with Crippen molar-refractivity contribution in [3.8, 4) is 0 Å². The van der Waals surface area contributed by atoms with E-state index in [-0.39, 0.29) is 0 Å². The molecule has 0 aromatic rings. The molecule has 0 bridgehead atoms. The fourth-order valence-electron chi connectivity index (χ4n) is 1.03. The van der Waals surface area contributed by atoms with E-state index in [4.69, 9.17) is 5.84 Å². The molecule has 1 saturated heterocycles. The van der Waals surface area contributed by atoms with Gasteiger partial charge in [0.05, 0.1) is 0 Å². The van der Waals surface area contributed by atoms with Crippen molar-refractivity contribution < 1.29 is 0 Å². The quantitative estimate of drug-likeness (QED) is 0.339. The Morgan fingerprint density at radius 3 is 2.44 bits per heavy atom. The summed E-state index contributed by atoms with van der Waals surface area (Å²) < 4.78 is 2.25. The highest BCUT2D eigenvalue weighted by Gasteiger charge is 2.08. The van der Waals surface area contributed by atoms with Crippen molar-refractivity contribution in [3.05, 3.63) is 0 Å². The van der Waals surface area contributed by atoms with E-state index in [1.54, 1.807) is 0 Å². The molecular weight excluding hydrogens is 134 g/mol. The number of hydrazine groups is 1. The summed E-state index contributed by atoms with van der Waals surface area (Å²) >= 11 is 1.51. The monoisotopic (exact) mass is 147 g/mol. The second kappa shape index (κ2) is 4.11. The molecule has 0 atom stereocenters. The van der Waals surface area contributed by atoms with Gasteiger partial charge in [-0.2, -0.15) is 4.83 Å². The van der Waals surface area contributed by atoms with Crippen molar-refractivity contribution in [1.29, 1.82) is 0 Å². The third kappa shape index (κ3) is 2.53. The van der Waals surface area contributed by atoms with Crippen LogP contribution in [0.25, 0.3) is 0 Å². The number of rotatable bonds is 2. The summed E-state index contributed by atoms with van der Waals surface area (Å²) in [5.74, 6) is 5.13. The maximum Gasteiger partial charge on any atom is 0.0211 e. The minimum atomic E-state index is 1.18. The van der Waals surface area contributed by atoms with E-state index >= 15 is 0 Å². The summed E-state index contributed by atoms with van der Waals surface area (Å²) in [6.07, 6.45) is 4.00. The highest BCUT2D eigenvalue weighted by atomic mass is 32.2. The Kier molecular flexibility index (Phi) is 3.35. The van der Waals surface area contributed by atoms with E-state index in [9.17, 15) is 0 Å². The number of nitrogens with one attached hydrogen (secondary N) is 1. The normalized spacial score (nSPS) is 22.3. The zero-order valence-electron chi connectivity index (χ0n) is 5.47. The zero-order valence-corrected chi connectivity index (χ0v) is 6.28. The van der Waals surface area contributed by atoms with Crippen LogP contribution >= 0.6 is 12.1 Å². The molecule has 0 saturated carbocycles. The van der Waals surface area contributed by atoms with Gasteiger partial charge in [-0.15, -0.1) is 0 Å². The Hall–Kier alpha value is 0.230. The van der Waals surface area contributed by atoms with Crippen LogP contribution in [0.4, 0.5) is 0 Å². The van der Waals surface area contributed by atoms with Crippen LogP contribution < -0.4 is 10.7 Å². The lowest BCUT2D eigenvalue weighted by Gasteiger charge is -2.23. The zero-order chi connectivity index (χ0) is 6.53. The SMILES string of the molecule is NNSN1CCCCC1. The van der Waals surface area contributed by atoms with Gasteiger partial charge in [-0.3, -0.25) is 5.84 Å². The number of piperidine rings is 1. The summed E-state index contributed by atoms with van der Waals surface area (Å²) in [6.45, 7) is 2.35. The molecule has 9 heavy (non-hydrogen) atoms. The van der Waals surface area contributed by atoms with Gasteiger partial charge in [-0.1, -0.05) is 6.42 Å². The minimum Gasteiger partial charge on any atom is -0.261 e. The Morgan fingerprint density at radius 2 is 1.89 bits per heavy atom. The summed E-state index contributed by atoms with van der Waals surface area (Å²) in [5.41, 5.74) is 0. The van der Waals surface area contributed by atoms with Crippen LogP contribution in [0, 0.1) is 0 Å². The largest absolute Gasteiger partial charge is 0.261 e. The molecule has 54 valence electrons. The van der Waals surface area contributed by atoms with Gasteiger partial charge in [0.25, 0.3) is 0 Å². The lowest BCUT2D eigenvalue weighted by molar-refractivity contribution is 0.378. The number of nitrogens with two attached hydrogens (primary N) is 1. The maximum absolute atomic E-state index is 5.13. The first kappa shape index (κ1) is 7.34. The van der Waals surface area contributed by atoms with Crippen LogP contribution in [-0.4, -0.2) is 17.4 Å². The molecule has 4 heteroatoms. The molecule has 0 spiro atoms. The maximum atomic E-state index is 5.13. The molecule has 1 fully saturated rings. The lowest BCUT2D eigenvalue weighted by Crippen LogP contribution is -2.29. The van der Waals surface area contributed by atoms with E-state index in [0.717, 1.165) is 0 Å². The van der Waals surface area contributed by atoms with Gasteiger partial charge in [0.15, 0.2) is 0 Å². The van der Waals surface area contributed by atoms with Gasteiger partial charge in [0, 0.05) is 25.2 Å². The Bertz CT molecular complexity index is 69.8. The molecule has 1 aliphatic rings. The van der Waals surface area contributed by atoms with Crippen LogP contribution in [0.15, 0.2) is 0 Å². The molecule has 3 N–H and O–H groups in total. The Morgan fingerprint density at radius 1 is 1.22 bits per heavy atom. The molecule has 1 aliphatic heterocycles. The van der Waals surface area contributed by atoms with Gasteiger partial charge in [0.1, 0.15) is 0 Å². The average molecular weight is 147 g/mol. The first-order valence-corrected chi connectivity index (χ1v) is 4.08. The van der Waals surface area contributed by atoms with E-state index in [1.165, 1.54) is 44.5 Å². The van der Waals surface area contributed by atoms with E-state index in [1.807, 2.05) is 0 Å². The van der Waals surface area contributed by atoms with E-state index < -0.39 is 0 Å². The molecule has 1 heterocycles. The third-order valence-corrected chi connectivity index (χ3v) is 2.23. The fraction of sp³-hybridized carbons (Fsp3) is 1.00.